The molecule has 6 heterocycles. The Hall–Kier alpha value is -2.95. The highest BCUT2D eigenvalue weighted by atomic mass is 32.2. The smallest absolute Gasteiger partial charge is 0.279 e. The van der Waals surface area contributed by atoms with Crippen molar-refractivity contribution in [3.63, 3.8) is 0 Å². The Morgan fingerprint density at radius 1 is 1.06 bits per heavy atom. The molecule has 7 rings (SSSR count). The summed E-state index contributed by atoms with van der Waals surface area (Å²) in [6.45, 7) is 15.1. The molecule has 1 amide bonds. The maximum atomic E-state index is 14.4. The molecule has 51 heavy (non-hydrogen) atoms. The minimum atomic E-state index is -3.51. The number of nitrogens with one attached hydrogen (secondary N) is 1. The van der Waals surface area contributed by atoms with E-state index in [2.05, 4.69) is 24.5 Å². The van der Waals surface area contributed by atoms with E-state index in [4.69, 9.17) is 14.2 Å². The van der Waals surface area contributed by atoms with Crippen LogP contribution < -0.4 is 14.4 Å². The molecular formula is C36H52FN7O6S. The van der Waals surface area contributed by atoms with Gasteiger partial charge in [-0.25, -0.2) is 14.4 Å². The maximum absolute atomic E-state index is 14.4. The van der Waals surface area contributed by atoms with Crippen LogP contribution in [0.25, 0.3) is 0 Å². The van der Waals surface area contributed by atoms with E-state index >= 15 is 0 Å². The Morgan fingerprint density at radius 2 is 1.80 bits per heavy atom. The van der Waals surface area contributed by atoms with E-state index in [1.807, 2.05) is 27.7 Å². The molecule has 2 aromatic rings. The van der Waals surface area contributed by atoms with Crippen LogP contribution in [0.2, 0.25) is 0 Å². The number of amides is 1. The molecule has 0 bridgehead atoms. The minimum absolute atomic E-state index is 0.0164. The summed E-state index contributed by atoms with van der Waals surface area (Å²) in [4.78, 5) is 28.7. The van der Waals surface area contributed by atoms with E-state index < -0.39 is 16.0 Å². The number of benzene rings is 1. The topological polar surface area (TPSA) is 130 Å². The summed E-state index contributed by atoms with van der Waals surface area (Å²) in [7, 11) is -3.51. The van der Waals surface area contributed by atoms with Gasteiger partial charge in [0.25, 0.3) is 16.1 Å². The lowest BCUT2D eigenvalue weighted by Crippen LogP contribution is -2.62. The van der Waals surface area contributed by atoms with Gasteiger partial charge in [0.15, 0.2) is 11.6 Å². The first-order valence-electron chi connectivity index (χ1n) is 18.4. The number of rotatable bonds is 11. The highest BCUT2D eigenvalue weighted by molar-refractivity contribution is 7.87. The fourth-order valence-corrected chi connectivity index (χ4v) is 10.2. The van der Waals surface area contributed by atoms with Gasteiger partial charge in [0.05, 0.1) is 31.1 Å². The summed E-state index contributed by atoms with van der Waals surface area (Å²) in [5.41, 5.74) is 0.363. The van der Waals surface area contributed by atoms with Crippen molar-refractivity contribution in [1.82, 2.24) is 28.8 Å². The molecule has 1 N–H and O–H groups in total. The van der Waals surface area contributed by atoms with Crippen molar-refractivity contribution >= 4 is 21.9 Å². The van der Waals surface area contributed by atoms with Crippen molar-refractivity contribution in [2.45, 2.75) is 84.0 Å². The van der Waals surface area contributed by atoms with E-state index in [1.54, 1.807) is 11.1 Å². The molecule has 15 heteroatoms. The second-order valence-corrected chi connectivity index (χ2v) is 17.6. The molecule has 2 spiro atoms. The molecule has 0 radical (unpaired) electrons. The summed E-state index contributed by atoms with van der Waals surface area (Å²) in [6, 6.07) is 3.69. The third-order valence-electron chi connectivity index (χ3n) is 11.4. The lowest BCUT2D eigenvalue weighted by Gasteiger charge is -2.54. The van der Waals surface area contributed by atoms with Crippen LogP contribution in [-0.4, -0.2) is 128 Å². The molecule has 2 atom stereocenters. The van der Waals surface area contributed by atoms with E-state index in [-0.39, 0.29) is 52.3 Å². The molecule has 13 nitrogen and oxygen atoms in total. The molecule has 0 aliphatic carbocycles. The van der Waals surface area contributed by atoms with Crippen LogP contribution in [0.5, 0.6) is 11.5 Å². The molecule has 5 aliphatic rings. The quantitative estimate of drug-likeness (QED) is 0.366. The number of hydrogen-bond acceptors (Lipinski definition) is 10. The van der Waals surface area contributed by atoms with Gasteiger partial charge in [-0.15, -0.1) is 0 Å². The van der Waals surface area contributed by atoms with Gasteiger partial charge in [0, 0.05) is 68.3 Å². The van der Waals surface area contributed by atoms with Gasteiger partial charge in [0.1, 0.15) is 17.9 Å². The Kier molecular flexibility index (Phi) is 10.3. The highest BCUT2D eigenvalue weighted by Gasteiger charge is 2.51. The molecule has 0 unspecified atom stereocenters. The van der Waals surface area contributed by atoms with Gasteiger partial charge < -0.3 is 28.9 Å². The summed E-state index contributed by atoms with van der Waals surface area (Å²) >= 11 is 0. The average Bonchev–Trinajstić information content (AvgIpc) is 3.56. The van der Waals surface area contributed by atoms with E-state index in [0.29, 0.717) is 37.9 Å². The SMILES string of the molecule is CC(C)N(C(=O)c1cc(F)ccc1Oc1cncnc1N1CC2(CCN(C[C@@H]3CC[C@@H](NS(=O)(=O)N4CC5(CCOC5)C4)CO3)CC2)C1)C(C)C. The largest absolute Gasteiger partial charge is 0.451 e. The summed E-state index contributed by atoms with van der Waals surface area (Å²) in [5.74, 6) is 0.563. The summed E-state index contributed by atoms with van der Waals surface area (Å²) < 4.78 is 62.6. The predicted octanol–water partition coefficient (Wildman–Crippen LogP) is 3.67. The highest BCUT2D eigenvalue weighted by Crippen LogP contribution is 2.45. The average molecular weight is 730 g/mol. The van der Waals surface area contributed by atoms with Gasteiger partial charge in [-0.05, 0) is 91.1 Å². The second kappa shape index (κ2) is 14.5. The number of hydrogen-bond donors (Lipinski definition) is 1. The van der Waals surface area contributed by atoms with E-state index in [1.165, 1.54) is 28.8 Å². The van der Waals surface area contributed by atoms with Crippen molar-refractivity contribution in [2.24, 2.45) is 10.8 Å². The summed E-state index contributed by atoms with van der Waals surface area (Å²) in [5, 5.41) is 0. The zero-order chi connectivity index (χ0) is 36.0. The molecule has 1 aromatic carbocycles. The Balaban J connectivity index is 0.885. The number of aromatic nitrogens is 2. The first-order valence-corrected chi connectivity index (χ1v) is 19.8. The van der Waals surface area contributed by atoms with E-state index in [9.17, 15) is 17.6 Å². The van der Waals surface area contributed by atoms with Crippen LogP contribution in [0.3, 0.4) is 0 Å². The normalized spacial score (nSPS) is 25.0. The van der Waals surface area contributed by atoms with Gasteiger partial charge >= 0.3 is 0 Å². The molecule has 5 aliphatic heterocycles. The first-order chi connectivity index (χ1) is 24.3. The van der Waals surface area contributed by atoms with Crippen molar-refractivity contribution in [1.29, 1.82) is 0 Å². The zero-order valence-corrected chi connectivity index (χ0v) is 31.0. The molecular weight excluding hydrogens is 678 g/mol. The van der Waals surface area contributed by atoms with Crippen molar-refractivity contribution in [3.05, 3.63) is 42.1 Å². The fourth-order valence-electron chi connectivity index (χ4n) is 8.53. The van der Waals surface area contributed by atoms with Crippen molar-refractivity contribution in [2.75, 3.05) is 70.5 Å². The number of carbonyl (C=O) groups is 1. The molecule has 280 valence electrons. The number of anilines is 1. The van der Waals surface area contributed by atoms with Crippen molar-refractivity contribution in [3.8, 4) is 11.5 Å². The van der Waals surface area contributed by atoms with Gasteiger partial charge in [-0.2, -0.15) is 17.4 Å². The number of halogens is 1. The lowest BCUT2D eigenvalue weighted by molar-refractivity contribution is -0.0305. The Morgan fingerprint density at radius 3 is 2.45 bits per heavy atom. The third-order valence-corrected chi connectivity index (χ3v) is 12.9. The van der Waals surface area contributed by atoms with Crippen LogP contribution in [-0.2, 0) is 19.7 Å². The molecule has 5 fully saturated rings. The first kappa shape index (κ1) is 36.4. The predicted molar refractivity (Wildman–Crippen MR) is 190 cm³/mol. The molecule has 1 aromatic heterocycles. The standard InChI is InChI=1S/C36H52FN7O6S/c1-25(2)44(26(3)4)34(45)30-15-27(37)5-8-31(30)50-32-16-38-24-39-33(32)42-19-35(20-42)9-12-41(13-10-35)17-29-7-6-28(18-49-29)40-51(46,47)43-21-36(22-43)11-14-48-23-36/h5,8,15-16,24-26,28-29,40H,6-7,9-14,17-23H2,1-4H3/t28-,29+/m1/s1. The minimum Gasteiger partial charge on any atom is -0.451 e. The molecule has 0 saturated carbocycles. The van der Waals surface area contributed by atoms with Crippen LogP contribution >= 0.6 is 0 Å². The number of ether oxygens (including phenoxy) is 3. The van der Waals surface area contributed by atoms with Gasteiger partial charge in [0.2, 0.25) is 0 Å². The number of carbonyl (C=O) groups excluding carboxylic acids is 1. The Bertz CT molecular complexity index is 1650. The number of nitrogens with zero attached hydrogens (tertiary/aromatic N) is 6. The monoisotopic (exact) mass is 729 g/mol. The summed E-state index contributed by atoms with van der Waals surface area (Å²) in [6.07, 6.45) is 7.82. The lowest BCUT2D eigenvalue weighted by atomic mass is 9.72. The van der Waals surface area contributed by atoms with Crippen LogP contribution in [0.15, 0.2) is 30.7 Å². The second-order valence-electron chi connectivity index (χ2n) is 15.9. The van der Waals surface area contributed by atoms with Crippen molar-refractivity contribution < 1.29 is 31.8 Å². The number of likely N-dealkylation sites (tertiary alicyclic amines) is 1. The maximum Gasteiger partial charge on any atom is 0.279 e. The van der Waals surface area contributed by atoms with Crippen LogP contribution in [0.4, 0.5) is 10.2 Å². The molecule has 5 saturated heterocycles. The fraction of sp³-hybridized carbons (Fsp3) is 0.694. The van der Waals surface area contributed by atoms with Crippen LogP contribution in [0.1, 0.15) is 70.2 Å². The van der Waals surface area contributed by atoms with E-state index in [0.717, 1.165) is 71.4 Å². The number of piperidine rings is 1. The zero-order valence-electron chi connectivity index (χ0n) is 30.2. The van der Waals surface area contributed by atoms with Gasteiger partial charge in [-0.1, -0.05) is 0 Å². The van der Waals surface area contributed by atoms with Gasteiger partial charge in [-0.3, -0.25) is 4.79 Å². The van der Waals surface area contributed by atoms with Crippen LogP contribution in [0, 0.1) is 16.6 Å². The Labute approximate surface area is 301 Å². The third kappa shape index (κ3) is 7.74.